The van der Waals surface area contributed by atoms with Crippen LogP contribution in [-0.2, 0) is 9.53 Å². The number of ether oxygens (including phenoxy) is 1. The zero-order valence-electron chi connectivity index (χ0n) is 11.1. The summed E-state index contributed by atoms with van der Waals surface area (Å²) in [6.07, 6.45) is 7.39. The average Bonchev–Trinajstić information content (AvgIpc) is 2.92. The fraction of sp³-hybridized carbons (Fsp3) is 0.692. The summed E-state index contributed by atoms with van der Waals surface area (Å²) in [5, 5.41) is 7.61. The van der Waals surface area contributed by atoms with Crippen molar-refractivity contribution in [3.8, 4) is 0 Å². The summed E-state index contributed by atoms with van der Waals surface area (Å²) in [6.45, 7) is 2.78. The zero-order chi connectivity index (χ0) is 13.0. The van der Waals surface area contributed by atoms with E-state index in [0.29, 0.717) is 0 Å². The maximum Gasteiger partial charge on any atom is 0.326 e. The molecule has 0 aromatic carbocycles. The molecule has 5 nitrogen and oxygen atoms in total. The molecule has 1 aliphatic rings. The Balaban J connectivity index is 2.18. The molecule has 0 amide bonds. The molecule has 0 aliphatic heterocycles. The van der Waals surface area contributed by atoms with Crippen molar-refractivity contribution in [1.29, 1.82) is 0 Å². The lowest BCUT2D eigenvalue weighted by molar-refractivity contribution is -0.150. The maximum absolute atomic E-state index is 12.1. The summed E-state index contributed by atoms with van der Waals surface area (Å²) in [5.41, 5.74) is -0.543. The van der Waals surface area contributed by atoms with Gasteiger partial charge in [-0.3, -0.25) is 9.48 Å². The quantitative estimate of drug-likeness (QED) is 0.824. The van der Waals surface area contributed by atoms with Crippen LogP contribution in [0.1, 0.15) is 38.6 Å². The second-order valence-electron chi connectivity index (χ2n) is 4.84. The number of esters is 1. The number of methoxy groups -OCH3 is 1. The number of aromatic nitrogens is 2. The zero-order valence-corrected chi connectivity index (χ0v) is 11.1. The van der Waals surface area contributed by atoms with E-state index < -0.39 is 5.54 Å². The number of carbonyl (C=O) groups excluding carboxylic acids is 1. The van der Waals surface area contributed by atoms with Crippen molar-refractivity contribution < 1.29 is 9.53 Å². The highest BCUT2D eigenvalue weighted by Gasteiger charge is 2.43. The Morgan fingerprint density at radius 3 is 3.11 bits per heavy atom. The number of nitrogens with zero attached hydrogens (tertiary/aromatic N) is 2. The molecular weight excluding hydrogens is 230 g/mol. The predicted octanol–water partition coefficient (Wildman–Crippen LogP) is 1.52. The van der Waals surface area contributed by atoms with Gasteiger partial charge >= 0.3 is 5.97 Å². The first kappa shape index (κ1) is 13.1. The number of nitrogens with one attached hydrogen (secondary N) is 1. The van der Waals surface area contributed by atoms with Gasteiger partial charge in [-0.15, -0.1) is 0 Å². The topological polar surface area (TPSA) is 56.1 Å². The van der Waals surface area contributed by atoms with Crippen LogP contribution in [0, 0.1) is 0 Å². The van der Waals surface area contributed by atoms with Gasteiger partial charge in [0.15, 0.2) is 0 Å². The molecular formula is C13H21N3O2. The van der Waals surface area contributed by atoms with Gasteiger partial charge in [-0.25, -0.2) is 0 Å². The van der Waals surface area contributed by atoms with Gasteiger partial charge in [-0.2, -0.15) is 5.10 Å². The molecule has 18 heavy (non-hydrogen) atoms. The van der Waals surface area contributed by atoms with Crippen LogP contribution in [0.25, 0.3) is 0 Å². The molecule has 0 spiro atoms. The molecule has 100 valence electrons. The van der Waals surface area contributed by atoms with Gasteiger partial charge in [0.2, 0.25) is 0 Å². The van der Waals surface area contributed by atoms with Gasteiger partial charge in [0.05, 0.1) is 13.2 Å². The molecule has 0 saturated heterocycles. The molecule has 1 aromatic heterocycles. The molecule has 2 rings (SSSR count). The van der Waals surface area contributed by atoms with Gasteiger partial charge in [-0.1, -0.05) is 6.92 Å². The highest BCUT2D eigenvalue weighted by Crippen LogP contribution is 2.35. The van der Waals surface area contributed by atoms with E-state index >= 15 is 0 Å². The van der Waals surface area contributed by atoms with Crippen molar-refractivity contribution in [3.05, 3.63) is 18.5 Å². The fourth-order valence-electron chi connectivity index (χ4n) is 2.92. The normalized spacial score (nSPS) is 28.0. The lowest BCUT2D eigenvalue weighted by Crippen LogP contribution is -2.55. The molecule has 1 heterocycles. The van der Waals surface area contributed by atoms with E-state index in [1.165, 1.54) is 7.11 Å². The van der Waals surface area contributed by atoms with E-state index in [9.17, 15) is 4.79 Å². The van der Waals surface area contributed by atoms with Crippen LogP contribution in [0.5, 0.6) is 0 Å². The summed E-state index contributed by atoms with van der Waals surface area (Å²) in [6, 6.07) is 2.19. The molecule has 1 aliphatic carbocycles. The molecule has 1 saturated carbocycles. The van der Waals surface area contributed by atoms with Crippen molar-refractivity contribution in [2.45, 2.75) is 44.2 Å². The first-order chi connectivity index (χ1) is 8.72. The van der Waals surface area contributed by atoms with E-state index in [1.54, 1.807) is 6.20 Å². The first-order valence-corrected chi connectivity index (χ1v) is 6.54. The SMILES string of the molecule is CCNC1(C(=O)OC)CCCC(n2cccn2)C1. The smallest absolute Gasteiger partial charge is 0.326 e. The van der Waals surface area contributed by atoms with Crippen LogP contribution in [-0.4, -0.2) is 34.9 Å². The molecule has 2 unspecified atom stereocenters. The molecule has 1 N–H and O–H groups in total. The molecule has 1 aromatic rings. The highest BCUT2D eigenvalue weighted by molar-refractivity contribution is 5.81. The third-order valence-corrected chi connectivity index (χ3v) is 3.72. The van der Waals surface area contributed by atoms with E-state index in [4.69, 9.17) is 4.74 Å². The lowest BCUT2D eigenvalue weighted by Gasteiger charge is -2.39. The molecule has 1 fully saturated rings. The van der Waals surface area contributed by atoms with E-state index in [2.05, 4.69) is 10.4 Å². The van der Waals surface area contributed by atoms with Gasteiger partial charge in [0.25, 0.3) is 0 Å². The average molecular weight is 251 g/mol. The highest BCUT2D eigenvalue weighted by atomic mass is 16.5. The van der Waals surface area contributed by atoms with Crippen molar-refractivity contribution in [2.24, 2.45) is 0 Å². The van der Waals surface area contributed by atoms with Crippen molar-refractivity contribution in [3.63, 3.8) is 0 Å². The van der Waals surface area contributed by atoms with Crippen LogP contribution < -0.4 is 5.32 Å². The Bertz CT molecular complexity index is 387. The van der Waals surface area contributed by atoms with Gasteiger partial charge in [0, 0.05) is 12.4 Å². The Hall–Kier alpha value is -1.36. The summed E-state index contributed by atoms with van der Waals surface area (Å²) in [5.74, 6) is -0.152. The van der Waals surface area contributed by atoms with Crippen LogP contribution >= 0.6 is 0 Å². The Labute approximate surface area is 108 Å². The Morgan fingerprint density at radius 1 is 1.67 bits per heavy atom. The van der Waals surface area contributed by atoms with Gasteiger partial charge < -0.3 is 10.1 Å². The van der Waals surface area contributed by atoms with Crippen LogP contribution in [0.4, 0.5) is 0 Å². The number of carbonyl (C=O) groups is 1. The third-order valence-electron chi connectivity index (χ3n) is 3.72. The van der Waals surface area contributed by atoms with Crippen molar-refractivity contribution >= 4 is 5.97 Å². The first-order valence-electron chi connectivity index (χ1n) is 6.54. The van der Waals surface area contributed by atoms with Crippen LogP contribution in [0.3, 0.4) is 0 Å². The van der Waals surface area contributed by atoms with Crippen molar-refractivity contribution in [2.75, 3.05) is 13.7 Å². The minimum absolute atomic E-state index is 0.152. The predicted molar refractivity (Wildman–Crippen MR) is 68.2 cm³/mol. The summed E-state index contributed by atoms with van der Waals surface area (Å²) >= 11 is 0. The fourth-order valence-corrected chi connectivity index (χ4v) is 2.92. The van der Waals surface area contributed by atoms with E-state index in [0.717, 1.165) is 32.2 Å². The number of hydrogen-bond acceptors (Lipinski definition) is 4. The van der Waals surface area contributed by atoms with Gasteiger partial charge in [0.1, 0.15) is 5.54 Å². The van der Waals surface area contributed by atoms with Gasteiger partial charge in [-0.05, 0) is 38.3 Å². The number of hydrogen-bond donors (Lipinski definition) is 1. The maximum atomic E-state index is 12.1. The minimum Gasteiger partial charge on any atom is -0.468 e. The molecule has 0 bridgehead atoms. The molecule has 0 radical (unpaired) electrons. The Morgan fingerprint density at radius 2 is 2.50 bits per heavy atom. The Kier molecular flexibility index (Phi) is 4.01. The minimum atomic E-state index is -0.543. The van der Waals surface area contributed by atoms with Crippen LogP contribution in [0.2, 0.25) is 0 Å². The second-order valence-corrected chi connectivity index (χ2v) is 4.84. The largest absolute Gasteiger partial charge is 0.468 e. The standard InChI is InChI=1S/C13H21N3O2/c1-3-14-13(12(17)18-2)7-4-6-11(10-13)16-9-5-8-15-16/h5,8-9,11,14H,3-4,6-7,10H2,1-2H3. The van der Waals surface area contributed by atoms with Crippen LogP contribution in [0.15, 0.2) is 18.5 Å². The third kappa shape index (κ3) is 2.41. The van der Waals surface area contributed by atoms with Crippen molar-refractivity contribution in [1.82, 2.24) is 15.1 Å². The summed E-state index contributed by atoms with van der Waals surface area (Å²) in [7, 11) is 1.46. The van der Waals surface area contributed by atoms with E-state index in [-0.39, 0.29) is 12.0 Å². The number of likely N-dealkylation sites (N-methyl/N-ethyl adjacent to an activating group) is 1. The number of rotatable bonds is 4. The second kappa shape index (κ2) is 5.52. The summed E-state index contributed by atoms with van der Waals surface area (Å²) < 4.78 is 6.93. The van der Waals surface area contributed by atoms with E-state index in [1.807, 2.05) is 23.9 Å². The molecule has 5 heteroatoms. The monoisotopic (exact) mass is 251 g/mol. The summed E-state index contributed by atoms with van der Waals surface area (Å²) in [4.78, 5) is 12.1. The lowest BCUT2D eigenvalue weighted by atomic mass is 9.79. The molecule has 2 atom stereocenters.